The average molecular weight is 395 g/mol. The minimum absolute atomic E-state index is 0.272. The van der Waals surface area contributed by atoms with E-state index in [4.69, 9.17) is 14.2 Å². The number of hydrogen-bond acceptors (Lipinski definition) is 6. The van der Waals surface area contributed by atoms with Gasteiger partial charge in [-0.05, 0) is 57.5 Å². The highest BCUT2D eigenvalue weighted by Crippen LogP contribution is 2.29. The number of aliphatic hydroxyl groups is 1. The predicted octanol–water partition coefficient (Wildman–Crippen LogP) is 2.78. The molecule has 2 rings (SSSR count). The minimum Gasteiger partial charge on any atom is -0.493 e. The Morgan fingerprint density at radius 3 is 2.50 bits per heavy atom. The molecule has 0 saturated carbocycles. The molecular weight excluding hydrogens is 356 g/mol. The Bertz CT molecular complexity index is 561. The predicted molar refractivity (Wildman–Crippen MR) is 112 cm³/mol. The number of rotatable bonds is 12. The highest BCUT2D eigenvalue weighted by atomic mass is 16.5. The van der Waals surface area contributed by atoms with Gasteiger partial charge < -0.3 is 24.2 Å². The molecule has 1 heterocycles. The normalized spacial score (nSPS) is 16.5. The molecule has 160 valence electrons. The van der Waals surface area contributed by atoms with E-state index in [1.807, 2.05) is 12.1 Å². The summed E-state index contributed by atoms with van der Waals surface area (Å²) in [6.45, 7) is 9.86. The molecule has 1 aliphatic rings. The van der Waals surface area contributed by atoms with Crippen molar-refractivity contribution in [3.8, 4) is 11.5 Å². The van der Waals surface area contributed by atoms with Gasteiger partial charge in [-0.3, -0.25) is 4.90 Å². The van der Waals surface area contributed by atoms with Gasteiger partial charge in [0.2, 0.25) is 0 Å². The monoisotopic (exact) mass is 394 g/mol. The molecule has 0 aliphatic carbocycles. The Morgan fingerprint density at radius 2 is 1.86 bits per heavy atom. The summed E-state index contributed by atoms with van der Waals surface area (Å²) in [5.74, 6) is 1.38. The standard InChI is InChI=1S/C22H38N2O4/c1-18(2)24(12-13-26-3)15-19-8-9-21(27-4)22(14-19)28-17-20(25)16-23-10-6-5-7-11-23/h8-9,14,18,20,25H,5-7,10-13,15-17H2,1-4H3. The summed E-state index contributed by atoms with van der Waals surface area (Å²) in [5.41, 5.74) is 1.16. The van der Waals surface area contributed by atoms with Gasteiger partial charge in [0.1, 0.15) is 12.7 Å². The van der Waals surface area contributed by atoms with Gasteiger partial charge in [0.25, 0.3) is 0 Å². The van der Waals surface area contributed by atoms with Crippen molar-refractivity contribution in [3.05, 3.63) is 23.8 Å². The SMILES string of the molecule is COCCN(Cc1ccc(OC)c(OCC(O)CN2CCCCC2)c1)C(C)C. The highest BCUT2D eigenvalue weighted by molar-refractivity contribution is 5.43. The second-order valence-electron chi connectivity index (χ2n) is 7.87. The molecule has 1 saturated heterocycles. The Hall–Kier alpha value is -1.34. The third kappa shape index (κ3) is 7.59. The lowest BCUT2D eigenvalue weighted by atomic mass is 10.1. The van der Waals surface area contributed by atoms with Crippen molar-refractivity contribution in [2.24, 2.45) is 0 Å². The lowest BCUT2D eigenvalue weighted by molar-refractivity contribution is 0.0607. The molecule has 6 heteroatoms. The number of aliphatic hydroxyl groups excluding tert-OH is 1. The molecule has 1 aliphatic heterocycles. The maximum absolute atomic E-state index is 10.4. The smallest absolute Gasteiger partial charge is 0.161 e. The summed E-state index contributed by atoms with van der Waals surface area (Å²) in [6.07, 6.45) is 3.24. The summed E-state index contributed by atoms with van der Waals surface area (Å²) in [4.78, 5) is 4.68. The molecule has 1 atom stereocenters. The van der Waals surface area contributed by atoms with Crippen LogP contribution in [-0.4, -0.2) is 80.7 Å². The van der Waals surface area contributed by atoms with Gasteiger partial charge in [0.15, 0.2) is 11.5 Å². The van der Waals surface area contributed by atoms with Crippen LogP contribution >= 0.6 is 0 Å². The zero-order valence-electron chi connectivity index (χ0n) is 18.0. The van der Waals surface area contributed by atoms with Crippen LogP contribution in [0.15, 0.2) is 18.2 Å². The quantitative estimate of drug-likeness (QED) is 0.588. The van der Waals surface area contributed by atoms with Gasteiger partial charge in [-0.1, -0.05) is 12.5 Å². The van der Waals surface area contributed by atoms with E-state index in [0.717, 1.165) is 31.7 Å². The molecule has 28 heavy (non-hydrogen) atoms. The fraction of sp³-hybridized carbons (Fsp3) is 0.727. The first-order valence-electron chi connectivity index (χ1n) is 10.5. The van der Waals surface area contributed by atoms with Gasteiger partial charge in [-0.15, -0.1) is 0 Å². The van der Waals surface area contributed by atoms with Crippen molar-refractivity contribution >= 4 is 0 Å². The zero-order valence-corrected chi connectivity index (χ0v) is 18.0. The fourth-order valence-electron chi connectivity index (χ4n) is 3.57. The third-order valence-corrected chi connectivity index (χ3v) is 5.28. The first-order chi connectivity index (χ1) is 13.5. The summed E-state index contributed by atoms with van der Waals surface area (Å²) in [5, 5.41) is 10.4. The fourth-order valence-corrected chi connectivity index (χ4v) is 3.57. The zero-order chi connectivity index (χ0) is 20.4. The van der Waals surface area contributed by atoms with E-state index in [1.54, 1.807) is 14.2 Å². The van der Waals surface area contributed by atoms with Gasteiger partial charge in [0.05, 0.1) is 13.7 Å². The van der Waals surface area contributed by atoms with E-state index in [1.165, 1.54) is 19.3 Å². The van der Waals surface area contributed by atoms with Crippen LogP contribution in [0.25, 0.3) is 0 Å². The number of β-amino-alcohol motifs (C(OH)–C–C–N with tert-alkyl or cyclic N) is 1. The van der Waals surface area contributed by atoms with E-state index in [-0.39, 0.29) is 6.61 Å². The topological polar surface area (TPSA) is 54.4 Å². The number of benzene rings is 1. The van der Waals surface area contributed by atoms with Crippen LogP contribution in [0, 0.1) is 0 Å². The molecule has 1 aromatic carbocycles. The summed E-state index contributed by atoms with van der Waals surface area (Å²) < 4.78 is 16.6. The maximum atomic E-state index is 10.4. The largest absolute Gasteiger partial charge is 0.493 e. The molecule has 1 N–H and O–H groups in total. The summed E-state index contributed by atoms with van der Waals surface area (Å²) in [6, 6.07) is 6.45. The number of nitrogens with zero attached hydrogens (tertiary/aromatic N) is 2. The van der Waals surface area contributed by atoms with E-state index in [2.05, 4.69) is 29.7 Å². The molecule has 0 aromatic heterocycles. The Morgan fingerprint density at radius 1 is 1.11 bits per heavy atom. The van der Waals surface area contributed by atoms with E-state index >= 15 is 0 Å². The second-order valence-corrected chi connectivity index (χ2v) is 7.87. The Balaban J connectivity index is 1.95. The van der Waals surface area contributed by atoms with Gasteiger partial charge >= 0.3 is 0 Å². The van der Waals surface area contributed by atoms with Gasteiger partial charge in [0, 0.05) is 32.8 Å². The lowest BCUT2D eigenvalue weighted by Gasteiger charge is -2.28. The Kier molecular flexibility index (Phi) is 10.1. The molecule has 0 bridgehead atoms. The van der Waals surface area contributed by atoms with Crippen molar-refractivity contribution in [2.75, 3.05) is 53.6 Å². The van der Waals surface area contributed by atoms with Crippen LogP contribution in [0.4, 0.5) is 0 Å². The minimum atomic E-state index is -0.500. The third-order valence-electron chi connectivity index (χ3n) is 5.28. The molecule has 1 aromatic rings. The van der Waals surface area contributed by atoms with Crippen molar-refractivity contribution < 1.29 is 19.3 Å². The number of piperidine rings is 1. The van der Waals surface area contributed by atoms with Crippen LogP contribution in [-0.2, 0) is 11.3 Å². The van der Waals surface area contributed by atoms with Crippen molar-refractivity contribution in [1.29, 1.82) is 0 Å². The first kappa shape index (κ1) is 22.9. The molecule has 0 radical (unpaired) electrons. The number of ether oxygens (including phenoxy) is 3. The number of likely N-dealkylation sites (tertiary alicyclic amines) is 1. The van der Waals surface area contributed by atoms with Crippen LogP contribution < -0.4 is 9.47 Å². The number of hydrogen-bond donors (Lipinski definition) is 1. The molecule has 1 fully saturated rings. The van der Waals surface area contributed by atoms with Crippen LogP contribution in [0.3, 0.4) is 0 Å². The van der Waals surface area contributed by atoms with E-state index in [0.29, 0.717) is 30.7 Å². The van der Waals surface area contributed by atoms with Crippen molar-refractivity contribution in [1.82, 2.24) is 9.80 Å². The second kappa shape index (κ2) is 12.3. The molecule has 1 unspecified atom stereocenters. The summed E-state index contributed by atoms with van der Waals surface area (Å²) in [7, 11) is 3.37. The number of methoxy groups -OCH3 is 2. The molecule has 0 amide bonds. The lowest BCUT2D eigenvalue weighted by Crippen LogP contribution is -2.38. The maximum Gasteiger partial charge on any atom is 0.161 e. The molecule has 6 nitrogen and oxygen atoms in total. The van der Waals surface area contributed by atoms with Crippen LogP contribution in [0.2, 0.25) is 0 Å². The van der Waals surface area contributed by atoms with Gasteiger partial charge in [-0.25, -0.2) is 0 Å². The van der Waals surface area contributed by atoms with Crippen molar-refractivity contribution in [2.45, 2.75) is 51.8 Å². The molecule has 0 spiro atoms. The first-order valence-corrected chi connectivity index (χ1v) is 10.5. The van der Waals surface area contributed by atoms with Crippen molar-refractivity contribution in [3.63, 3.8) is 0 Å². The van der Waals surface area contributed by atoms with Crippen LogP contribution in [0.1, 0.15) is 38.7 Å². The van der Waals surface area contributed by atoms with E-state index < -0.39 is 6.10 Å². The summed E-state index contributed by atoms with van der Waals surface area (Å²) >= 11 is 0. The Labute approximate surface area is 170 Å². The highest BCUT2D eigenvalue weighted by Gasteiger charge is 2.17. The van der Waals surface area contributed by atoms with Gasteiger partial charge in [-0.2, -0.15) is 0 Å². The molecular formula is C22H38N2O4. The van der Waals surface area contributed by atoms with E-state index in [9.17, 15) is 5.11 Å². The van der Waals surface area contributed by atoms with Crippen LogP contribution in [0.5, 0.6) is 11.5 Å². The average Bonchev–Trinajstić information content (AvgIpc) is 2.70.